The first-order chi connectivity index (χ1) is 16.2. The van der Waals surface area contributed by atoms with Crippen LogP contribution in [0.4, 0.5) is 17.1 Å². The number of nitrogens with zero attached hydrogens (tertiary/aromatic N) is 1. The second kappa shape index (κ2) is 9.56. The molecule has 0 bridgehead atoms. The predicted octanol–water partition coefficient (Wildman–Crippen LogP) is 6.04. The number of benzene rings is 3. The molecule has 11 heteroatoms. The number of phenols is 1. The Balaban J connectivity index is 1.50. The van der Waals surface area contributed by atoms with Crippen molar-refractivity contribution in [1.29, 1.82) is 0 Å². The highest BCUT2D eigenvalue weighted by atomic mass is 35.5. The van der Waals surface area contributed by atoms with Gasteiger partial charge < -0.3 is 15.7 Å². The zero-order chi connectivity index (χ0) is 24.6. The second-order valence-electron chi connectivity index (χ2n) is 7.05. The van der Waals surface area contributed by atoms with Crippen LogP contribution in [0.1, 0.15) is 10.4 Å². The summed E-state index contributed by atoms with van der Waals surface area (Å²) in [4.78, 5) is 38.9. The van der Waals surface area contributed by atoms with Gasteiger partial charge in [0.2, 0.25) is 0 Å². The van der Waals surface area contributed by atoms with Crippen molar-refractivity contribution >= 4 is 81.2 Å². The maximum atomic E-state index is 12.9. The Morgan fingerprint density at radius 2 is 1.53 bits per heavy atom. The maximum absolute atomic E-state index is 12.9. The summed E-state index contributed by atoms with van der Waals surface area (Å²) in [5, 5.41) is 15.7. The van der Waals surface area contributed by atoms with Crippen LogP contribution in [0.15, 0.2) is 71.4 Å². The number of carbonyl (C=O) groups excluding carboxylic acids is 3. The lowest BCUT2D eigenvalue weighted by molar-refractivity contribution is -0.120. The smallest absolute Gasteiger partial charge is 0.283 e. The van der Waals surface area contributed by atoms with Crippen molar-refractivity contribution in [2.24, 2.45) is 0 Å². The van der Waals surface area contributed by atoms with E-state index in [0.717, 1.165) is 4.90 Å². The Morgan fingerprint density at radius 1 is 0.824 bits per heavy atom. The molecular weight excluding hydrogens is 524 g/mol. The first-order valence-corrected chi connectivity index (χ1v) is 11.1. The number of phenolic OH excluding ortho intramolecular Hbond substituents is 1. The van der Waals surface area contributed by atoms with E-state index >= 15 is 0 Å². The van der Waals surface area contributed by atoms with Gasteiger partial charge in [-0.1, -0.05) is 46.4 Å². The summed E-state index contributed by atoms with van der Waals surface area (Å²) >= 11 is 23.9. The summed E-state index contributed by atoms with van der Waals surface area (Å²) in [7, 11) is 0. The first kappa shape index (κ1) is 23.9. The highest BCUT2D eigenvalue weighted by Gasteiger charge is 2.39. The minimum Gasteiger partial charge on any atom is -0.506 e. The Labute approximate surface area is 213 Å². The minimum absolute atomic E-state index is 0.126. The fraction of sp³-hybridized carbons (Fsp3) is 0. The SMILES string of the molecule is O=C(Nc1cc(Cl)ccc1O)c1ccc(NC2=C(Cl)C(=O)N(c3ccc(Cl)c(Cl)c3)C2=O)cc1. The van der Waals surface area contributed by atoms with Crippen molar-refractivity contribution in [3.8, 4) is 5.75 Å². The molecule has 3 N–H and O–H groups in total. The molecule has 0 radical (unpaired) electrons. The number of carbonyl (C=O) groups is 3. The minimum atomic E-state index is -0.718. The number of hydrogen-bond donors (Lipinski definition) is 3. The molecule has 3 aromatic carbocycles. The first-order valence-electron chi connectivity index (χ1n) is 9.56. The molecule has 1 aliphatic rings. The van der Waals surface area contributed by atoms with Crippen LogP contribution in [0.5, 0.6) is 5.75 Å². The van der Waals surface area contributed by atoms with Gasteiger partial charge in [-0.3, -0.25) is 14.4 Å². The van der Waals surface area contributed by atoms with Crippen LogP contribution < -0.4 is 15.5 Å². The van der Waals surface area contributed by atoms with Gasteiger partial charge in [-0.25, -0.2) is 4.90 Å². The number of hydrogen-bond acceptors (Lipinski definition) is 5. The van der Waals surface area contributed by atoms with E-state index in [-0.39, 0.29) is 43.5 Å². The standard InChI is InChI=1S/C23H13Cl4N3O4/c24-12-3-8-18(31)17(9-12)29-21(32)11-1-4-13(5-2-11)28-20-19(27)22(33)30(23(20)34)14-6-7-15(25)16(26)10-14/h1-10,28,31H,(H,29,32). The molecule has 3 aromatic rings. The van der Waals surface area contributed by atoms with Crippen molar-refractivity contribution in [1.82, 2.24) is 0 Å². The summed E-state index contributed by atoms with van der Waals surface area (Å²) in [6, 6.07) is 14.6. The van der Waals surface area contributed by atoms with E-state index in [9.17, 15) is 19.5 Å². The lowest BCUT2D eigenvalue weighted by Crippen LogP contribution is -2.32. The molecule has 0 atom stereocenters. The highest BCUT2D eigenvalue weighted by molar-refractivity contribution is 6.53. The van der Waals surface area contributed by atoms with Crippen LogP contribution in [0.3, 0.4) is 0 Å². The van der Waals surface area contributed by atoms with Crippen LogP contribution in [0.2, 0.25) is 15.1 Å². The molecule has 0 aliphatic carbocycles. The molecule has 1 aliphatic heterocycles. The van der Waals surface area contributed by atoms with Crippen molar-refractivity contribution < 1.29 is 19.5 Å². The van der Waals surface area contributed by atoms with Crippen LogP contribution in [-0.4, -0.2) is 22.8 Å². The van der Waals surface area contributed by atoms with E-state index < -0.39 is 17.7 Å². The fourth-order valence-corrected chi connectivity index (χ4v) is 3.80. The maximum Gasteiger partial charge on any atom is 0.283 e. The topological polar surface area (TPSA) is 98.7 Å². The zero-order valence-electron chi connectivity index (χ0n) is 16.9. The number of aromatic hydroxyl groups is 1. The number of halogens is 4. The van der Waals surface area contributed by atoms with Gasteiger partial charge >= 0.3 is 0 Å². The third-order valence-electron chi connectivity index (χ3n) is 4.81. The lowest BCUT2D eigenvalue weighted by Gasteiger charge is -2.15. The molecule has 0 unspecified atom stereocenters. The Hall–Kier alpha value is -3.23. The molecule has 3 amide bonds. The monoisotopic (exact) mass is 535 g/mol. The van der Waals surface area contributed by atoms with Gasteiger partial charge in [0.05, 0.1) is 21.4 Å². The average Bonchev–Trinajstić information content (AvgIpc) is 3.01. The molecule has 0 saturated carbocycles. The Kier molecular flexibility index (Phi) is 6.72. The number of nitrogens with one attached hydrogen (secondary N) is 2. The van der Waals surface area contributed by atoms with Crippen molar-refractivity contribution in [2.45, 2.75) is 0 Å². The van der Waals surface area contributed by atoms with Crippen molar-refractivity contribution in [3.63, 3.8) is 0 Å². The summed E-state index contributed by atoms with van der Waals surface area (Å²) < 4.78 is 0. The fourth-order valence-electron chi connectivity index (χ4n) is 3.12. The van der Waals surface area contributed by atoms with E-state index in [0.29, 0.717) is 10.7 Å². The van der Waals surface area contributed by atoms with Crippen molar-refractivity contribution in [2.75, 3.05) is 15.5 Å². The highest BCUT2D eigenvalue weighted by Crippen LogP contribution is 2.34. The van der Waals surface area contributed by atoms with Gasteiger partial charge in [-0.2, -0.15) is 0 Å². The summed E-state index contributed by atoms with van der Waals surface area (Å²) in [6.45, 7) is 0. The predicted molar refractivity (Wildman–Crippen MR) is 133 cm³/mol. The normalized spacial score (nSPS) is 13.5. The third-order valence-corrected chi connectivity index (χ3v) is 6.14. The van der Waals surface area contributed by atoms with Gasteiger partial charge in [0, 0.05) is 16.3 Å². The Bertz CT molecular complexity index is 1370. The molecule has 0 saturated heterocycles. The second-order valence-corrected chi connectivity index (χ2v) is 8.68. The van der Waals surface area contributed by atoms with Gasteiger partial charge in [0.1, 0.15) is 16.5 Å². The molecule has 4 rings (SSSR count). The molecule has 7 nitrogen and oxygen atoms in total. The van der Waals surface area contributed by atoms with E-state index in [2.05, 4.69) is 10.6 Å². The quantitative estimate of drug-likeness (QED) is 0.273. The number of amides is 3. The van der Waals surface area contributed by atoms with Gasteiger partial charge in [0.15, 0.2) is 0 Å². The van der Waals surface area contributed by atoms with Gasteiger partial charge in [-0.15, -0.1) is 0 Å². The molecule has 0 aromatic heterocycles. The molecular formula is C23H13Cl4N3O4. The summed E-state index contributed by atoms with van der Waals surface area (Å²) in [5.74, 6) is -2.01. The van der Waals surface area contributed by atoms with Crippen LogP contribution in [-0.2, 0) is 9.59 Å². The van der Waals surface area contributed by atoms with E-state index in [1.807, 2.05) is 0 Å². The molecule has 34 heavy (non-hydrogen) atoms. The Morgan fingerprint density at radius 3 is 2.21 bits per heavy atom. The average molecular weight is 537 g/mol. The van der Waals surface area contributed by atoms with Crippen molar-refractivity contribution in [3.05, 3.63) is 92.0 Å². The van der Waals surface area contributed by atoms with Crippen LogP contribution in [0.25, 0.3) is 0 Å². The number of imide groups is 1. The molecule has 0 fully saturated rings. The van der Waals surface area contributed by atoms with E-state index in [4.69, 9.17) is 46.4 Å². The number of rotatable bonds is 5. The largest absolute Gasteiger partial charge is 0.506 e. The van der Waals surface area contributed by atoms with Gasteiger partial charge in [0.25, 0.3) is 17.7 Å². The number of anilines is 3. The van der Waals surface area contributed by atoms with E-state index in [1.165, 1.54) is 60.7 Å². The van der Waals surface area contributed by atoms with Gasteiger partial charge in [-0.05, 0) is 60.7 Å². The van der Waals surface area contributed by atoms with Crippen LogP contribution in [0, 0.1) is 0 Å². The van der Waals surface area contributed by atoms with Crippen LogP contribution >= 0.6 is 46.4 Å². The third kappa shape index (κ3) is 4.69. The molecule has 0 spiro atoms. The summed E-state index contributed by atoms with van der Waals surface area (Å²) in [5.41, 5.74) is 0.937. The molecule has 172 valence electrons. The zero-order valence-corrected chi connectivity index (χ0v) is 19.9. The molecule has 1 heterocycles. The lowest BCUT2D eigenvalue weighted by atomic mass is 10.1. The summed E-state index contributed by atoms with van der Waals surface area (Å²) in [6.07, 6.45) is 0. The van der Waals surface area contributed by atoms with E-state index in [1.54, 1.807) is 0 Å².